The van der Waals surface area contributed by atoms with Gasteiger partial charge in [0.1, 0.15) is 11.4 Å². The average Bonchev–Trinajstić information content (AvgIpc) is 3.06. The van der Waals surface area contributed by atoms with Crippen LogP contribution in [0.5, 0.6) is 5.75 Å². The number of aryl methyl sites for hydroxylation is 3. The average molecular weight is 455 g/mol. The van der Waals surface area contributed by atoms with Crippen molar-refractivity contribution < 1.29 is 14.3 Å². The van der Waals surface area contributed by atoms with Crippen LogP contribution >= 0.6 is 0 Å². The first-order valence-electron chi connectivity index (χ1n) is 11.6. The third-order valence-electron chi connectivity index (χ3n) is 6.27. The summed E-state index contributed by atoms with van der Waals surface area (Å²) in [4.78, 5) is 28.8. The second-order valence-corrected chi connectivity index (χ2v) is 8.72. The van der Waals surface area contributed by atoms with Gasteiger partial charge in [0.05, 0.1) is 17.9 Å². The number of anilines is 2. The van der Waals surface area contributed by atoms with Gasteiger partial charge in [-0.3, -0.25) is 9.59 Å². The van der Waals surface area contributed by atoms with Crippen LogP contribution in [-0.4, -0.2) is 18.4 Å². The van der Waals surface area contributed by atoms with Gasteiger partial charge in [-0.2, -0.15) is 0 Å². The fraction of sp³-hybridized carbons (Fsp3) is 0.241. The molecule has 4 rings (SSSR count). The molecule has 0 unspecified atom stereocenters. The van der Waals surface area contributed by atoms with E-state index in [4.69, 9.17) is 4.74 Å². The number of benzene rings is 3. The number of amides is 2. The first kappa shape index (κ1) is 23.3. The first-order valence-corrected chi connectivity index (χ1v) is 11.6. The van der Waals surface area contributed by atoms with Gasteiger partial charge in [0, 0.05) is 11.8 Å². The predicted octanol–water partition coefficient (Wildman–Crippen LogP) is 6.11. The van der Waals surface area contributed by atoms with Crippen LogP contribution in [0.2, 0.25) is 0 Å². The van der Waals surface area contributed by atoms with Gasteiger partial charge in [-0.1, -0.05) is 43.3 Å². The van der Waals surface area contributed by atoms with Crippen LogP contribution in [0.1, 0.15) is 41.2 Å². The number of imide groups is 1. The van der Waals surface area contributed by atoms with Crippen LogP contribution in [0.4, 0.5) is 11.4 Å². The quantitative estimate of drug-likeness (QED) is 0.438. The number of nitrogens with zero attached hydrogens (tertiary/aromatic N) is 1. The summed E-state index contributed by atoms with van der Waals surface area (Å²) >= 11 is 0. The molecule has 0 fully saturated rings. The number of rotatable bonds is 7. The Balaban J connectivity index is 1.82. The summed E-state index contributed by atoms with van der Waals surface area (Å²) in [5.74, 6) is 0.0120. The molecule has 0 atom stereocenters. The molecule has 34 heavy (non-hydrogen) atoms. The number of hydrogen-bond acceptors (Lipinski definition) is 4. The SMILES string of the molecule is CCCOc1cccc(NC2=C(c3ccc(C)c(C)c3)C(=O)N(c3cccc(C)c3C)C2=O)c1. The lowest BCUT2D eigenvalue weighted by atomic mass is 9.99. The Morgan fingerprint density at radius 2 is 1.59 bits per heavy atom. The molecule has 0 saturated heterocycles. The maximum atomic E-state index is 13.8. The van der Waals surface area contributed by atoms with Crippen molar-refractivity contribution in [2.75, 3.05) is 16.8 Å². The Morgan fingerprint density at radius 3 is 2.32 bits per heavy atom. The number of ether oxygens (including phenoxy) is 1. The molecule has 3 aromatic carbocycles. The van der Waals surface area contributed by atoms with E-state index >= 15 is 0 Å². The molecule has 1 heterocycles. The summed E-state index contributed by atoms with van der Waals surface area (Å²) in [5, 5.41) is 3.24. The summed E-state index contributed by atoms with van der Waals surface area (Å²) in [7, 11) is 0. The van der Waals surface area contributed by atoms with E-state index in [2.05, 4.69) is 5.32 Å². The van der Waals surface area contributed by atoms with E-state index in [1.165, 1.54) is 4.90 Å². The van der Waals surface area contributed by atoms with Crippen molar-refractivity contribution in [1.29, 1.82) is 0 Å². The van der Waals surface area contributed by atoms with Gasteiger partial charge in [-0.25, -0.2) is 4.90 Å². The van der Waals surface area contributed by atoms with Crippen molar-refractivity contribution in [1.82, 2.24) is 0 Å². The Kier molecular flexibility index (Phi) is 6.55. The highest BCUT2D eigenvalue weighted by Crippen LogP contribution is 2.36. The molecule has 0 aromatic heterocycles. The first-order chi connectivity index (χ1) is 16.3. The Hall–Kier alpha value is -3.86. The van der Waals surface area contributed by atoms with Gasteiger partial charge in [0.25, 0.3) is 11.8 Å². The largest absolute Gasteiger partial charge is 0.494 e. The lowest BCUT2D eigenvalue weighted by molar-refractivity contribution is -0.120. The summed E-state index contributed by atoms with van der Waals surface area (Å²) in [5.41, 5.74) is 6.76. The minimum Gasteiger partial charge on any atom is -0.494 e. The molecular weight excluding hydrogens is 424 g/mol. The normalized spacial score (nSPS) is 13.6. The van der Waals surface area contributed by atoms with Gasteiger partial charge in [0.2, 0.25) is 0 Å². The fourth-order valence-corrected chi connectivity index (χ4v) is 4.03. The van der Waals surface area contributed by atoms with Gasteiger partial charge < -0.3 is 10.1 Å². The molecular formula is C29H30N2O3. The standard InChI is InChI=1S/C29H30N2O3/c1-6-15-34-24-11-8-10-23(17-24)30-27-26(22-14-13-18(2)20(4)16-22)28(32)31(29(27)33)25-12-7-9-19(3)21(25)5/h7-14,16-17,30H,6,15H2,1-5H3. The zero-order chi connectivity index (χ0) is 24.4. The van der Waals surface area contributed by atoms with E-state index < -0.39 is 0 Å². The lowest BCUT2D eigenvalue weighted by Crippen LogP contribution is -2.33. The second kappa shape index (κ2) is 9.56. The van der Waals surface area contributed by atoms with E-state index in [1.54, 1.807) is 0 Å². The zero-order valence-corrected chi connectivity index (χ0v) is 20.4. The predicted molar refractivity (Wildman–Crippen MR) is 137 cm³/mol. The third-order valence-corrected chi connectivity index (χ3v) is 6.27. The number of carbonyl (C=O) groups excluding carboxylic acids is 2. The van der Waals surface area contributed by atoms with Crippen molar-refractivity contribution in [2.24, 2.45) is 0 Å². The van der Waals surface area contributed by atoms with Crippen molar-refractivity contribution in [2.45, 2.75) is 41.0 Å². The molecule has 1 aliphatic heterocycles. The molecule has 0 radical (unpaired) electrons. The van der Waals surface area contributed by atoms with Crippen molar-refractivity contribution in [3.8, 4) is 5.75 Å². The number of nitrogens with one attached hydrogen (secondary N) is 1. The van der Waals surface area contributed by atoms with E-state index in [1.807, 2.05) is 95.3 Å². The Morgan fingerprint density at radius 1 is 0.824 bits per heavy atom. The Bertz CT molecular complexity index is 1310. The lowest BCUT2D eigenvalue weighted by Gasteiger charge is -2.19. The van der Waals surface area contributed by atoms with Gasteiger partial charge in [-0.15, -0.1) is 0 Å². The highest BCUT2D eigenvalue weighted by Gasteiger charge is 2.41. The van der Waals surface area contributed by atoms with Crippen LogP contribution in [-0.2, 0) is 9.59 Å². The van der Waals surface area contributed by atoms with Gasteiger partial charge >= 0.3 is 0 Å². The van der Waals surface area contributed by atoms with Gasteiger partial charge in [0.15, 0.2) is 0 Å². The van der Waals surface area contributed by atoms with Crippen LogP contribution < -0.4 is 15.0 Å². The topological polar surface area (TPSA) is 58.6 Å². The van der Waals surface area contributed by atoms with Crippen molar-refractivity contribution in [3.63, 3.8) is 0 Å². The molecule has 0 aliphatic carbocycles. The molecule has 0 spiro atoms. The minimum atomic E-state index is -0.369. The van der Waals surface area contributed by atoms with E-state index in [0.29, 0.717) is 29.3 Å². The molecule has 174 valence electrons. The summed E-state index contributed by atoms with van der Waals surface area (Å²) in [6.45, 7) is 10.6. The summed E-state index contributed by atoms with van der Waals surface area (Å²) < 4.78 is 5.75. The van der Waals surface area contributed by atoms with Crippen molar-refractivity contribution in [3.05, 3.63) is 94.2 Å². The molecule has 0 saturated carbocycles. The molecule has 2 amide bonds. The van der Waals surface area contributed by atoms with E-state index in [-0.39, 0.29) is 17.5 Å². The summed E-state index contributed by atoms with van der Waals surface area (Å²) in [6.07, 6.45) is 0.900. The summed E-state index contributed by atoms with van der Waals surface area (Å²) in [6, 6.07) is 19.0. The highest BCUT2D eigenvalue weighted by molar-refractivity contribution is 6.46. The van der Waals surface area contributed by atoms with Crippen LogP contribution in [0.25, 0.3) is 5.57 Å². The maximum Gasteiger partial charge on any atom is 0.282 e. The fourth-order valence-electron chi connectivity index (χ4n) is 4.03. The zero-order valence-electron chi connectivity index (χ0n) is 20.4. The molecule has 1 N–H and O–H groups in total. The monoisotopic (exact) mass is 454 g/mol. The highest BCUT2D eigenvalue weighted by atomic mass is 16.5. The van der Waals surface area contributed by atoms with Crippen LogP contribution in [0.15, 0.2) is 66.4 Å². The molecule has 3 aromatic rings. The van der Waals surface area contributed by atoms with Crippen LogP contribution in [0, 0.1) is 27.7 Å². The van der Waals surface area contributed by atoms with Crippen LogP contribution in [0.3, 0.4) is 0 Å². The smallest absolute Gasteiger partial charge is 0.282 e. The van der Waals surface area contributed by atoms with Gasteiger partial charge in [-0.05, 0) is 80.1 Å². The third kappa shape index (κ3) is 4.34. The molecule has 1 aliphatic rings. The Labute approximate surface area is 201 Å². The number of hydrogen-bond donors (Lipinski definition) is 1. The molecule has 5 heteroatoms. The second-order valence-electron chi connectivity index (χ2n) is 8.72. The number of carbonyl (C=O) groups is 2. The molecule has 5 nitrogen and oxygen atoms in total. The minimum absolute atomic E-state index is 0.266. The van der Waals surface area contributed by atoms with E-state index in [9.17, 15) is 9.59 Å². The maximum absolute atomic E-state index is 13.8. The molecule has 0 bridgehead atoms. The van der Waals surface area contributed by atoms with Crippen molar-refractivity contribution >= 4 is 28.8 Å². The van der Waals surface area contributed by atoms with E-state index in [0.717, 1.165) is 34.2 Å².